The number of hydrogen-bond donors (Lipinski definition) is 1. The minimum atomic E-state index is -4.74. The first-order valence-electron chi connectivity index (χ1n) is 10.7. The molecule has 0 spiro atoms. The molecule has 3 aromatic rings. The Balaban J connectivity index is 1.15. The minimum absolute atomic E-state index is 0.0602. The van der Waals surface area contributed by atoms with Crippen LogP contribution in [0.25, 0.3) is 17.1 Å². The Labute approximate surface area is 192 Å². The summed E-state index contributed by atoms with van der Waals surface area (Å²) in [5, 5.41) is 10.4. The number of amides is 2. The van der Waals surface area contributed by atoms with Crippen molar-refractivity contribution in [3.05, 3.63) is 59.7 Å². The lowest BCUT2D eigenvalue weighted by Crippen LogP contribution is -2.35. The summed E-state index contributed by atoms with van der Waals surface area (Å²) in [5.41, 5.74) is 2.55. The molecular formula is C23H20F3N5O3. The molecule has 8 nitrogen and oxygen atoms in total. The normalized spacial score (nSPS) is 20.3. The Kier molecular flexibility index (Phi) is 5.46. The number of nitrogens with zero attached hydrogens (tertiary/aromatic N) is 4. The van der Waals surface area contributed by atoms with Gasteiger partial charge < -0.3 is 14.5 Å². The molecule has 0 aliphatic carbocycles. The van der Waals surface area contributed by atoms with Crippen LogP contribution < -0.4 is 4.74 Å². The summed E-state index contributed by atoms with van der Waals surface area (Å²) in [6.45, 7) is 2.26. The van der Waals surface area contributed by atoms with Gasteiger partial charge in [0.1, 0.15) is 11.3 Å². The van der Waals surface area contributed by atoms with Crippen molar-refractivity contribution in [1.29, 1.82) is 0 Å². The number of hydrogen-bond acceptors (Lipinski definition) is 5. The number of aromatic amines is 1. The van der Waals surface area contributed by atoms with Crippen LogP contribution in [0.15, 0.2) is 48.5 Å². The predicted molar refractivity (Wildman–Crippen MR) is 116 cm³/mol. The van der Waals surface area contributed by atoms with Gasteiger partial charge in [-0.15, -0.1) is 18.3 Å². The fraction of sp³-hybridized carbons (Fsp3) is 0.304. The summed E-state index contributed by atoms with van der Waals surface area (Å²) in [4.78, 5) is 29.1. The lowest BCUT2D eigenvalue weighted by molar-refractivity contribution is -0.274. The molecule has 1 N–H and O–H groups in total. The Morgan fingerprint density at radius 2 is 1.68 bits per heavy atom. The molecule has 2 fully saturated rings. The molecule has 176 valence electrons. The summed E-state index contributed by atoms with van der Waals surface area (Å²) in [5.74, 6) is -0.135. The average molecular weight is 471 g/mol. The van der Waals surface area contributed by atoms with Gasteiger partial charge in [-0.3, -0.25) is 14.7 Å². The molecule has 34 heavy (non-hydrogen) atoms. The van der Waals surface area contributed by atoms with Crippen LogP contribution >= 0.6 is 0 Å². The quantitative estimate of drug-likeness (QED) is 0.591. The largest absolute Gasteiger partial charge is 0.573 e. The fourth-order valence-corrected chi connectivity index (χ4v) is 4.55. The second kappa shape index (κ2) is 8.47. The monoisotopic (exact) mass is 471 g/mol. The number of aromatic nitrogens is 3. The van der Waals surface area contributed by atoms with E-state index in [1.54, 1.807) is 29.2 Å². The van der Waals surface area contributed by atoms with Gasteiger partial charge >= 0.3 is 6.36 Å². The number of benzene rings is 2. The van der Waals surface area contributed by atoms with E-state index in [4.69, 9.17) is 0 Å². The predicted octanol–water partition coefficient (Wildman–Crippen LogP) is 3.10. The van der Waals surface area contributed by atoms with Gasteiger partial charge in [0.15, 0.2) is 0 Å². The molecular weight excluding hydrogens is 451 g/mol. The highest BCUT2D eigenvalue weighted by atomic mass is 19.4. The highest BCUT2D eigenvalue weighted by Crippen LogP contribution is 2.32. The number of carbonyl (C=O) groups is 2. The van der Waals surface area contributed by atoms with Gasteiger partial charge in [-0.05, 0) is 42.0 Å². The molecule has 0 saturated carbocycles. The van der Waals surface area contributed by atoms with Crippen LogP contribution in [0.1, 0.15) is 15.9 Å². The van der Waals surface area contributed by atoms with Crippen LogP contribution in [0.3, 0.4) is 0 Å². The number of alkyl halides is 3. The van der Waals surface area contributed by atoms with Crippen molar-refractivity contribution >= 4 is 28.9 Å². The maximum atomic E-state index is 12.9. The molecule has 3 heterocycles. The van der Waals surface area contributed by atoms with E-state index in [1.165, 1.54) is 30.3 Å². The molecule has 2 aliphatic rings. The van der Waals surface area contributed by atoms with E-state index in [1.807, 2.05) is 4.90 Å². The summed E-state index contributed by atoms with van der Waals surface area (Å²) in [6.07, 6.45) is -1.77. The summed E-state index contributed by atoms with van der Waals surface area (Å²) < 4.78 is 40.6. The zero-order chi connectivity index (χ0) is 23.9. The molecule has 2 aromatic carbocycles. The maximum Gasteiger partial charge on any atom is 0.573 e. The van der Waals surface area contributed by atoms with E-state index >= 15 is 0 Å². The van der Waals surface area contributed by atoms with E-state index in [2.05, 4.69) is 20.1 Å². The summed E-state index contributed by atoms with van der Waals surface area (Å²) >= 11 is 0. The third-order valence-electron chi connectivity index (χ3n) is 6.19. The van der Waals surface area contributed by atoms with Crippen molar-refractivity contribution < 1.29 is 27.5 Å². The van der Waals surface area contributed by atoms with E-state index in [-0.39, 0.29) is 29.4 Å². The Morgan fingerprint density at radius 1 is 1.00 bits per heavy atom. The smallest absolute Gasteiger partial charge is 0.406 e. The van der Waals surface area contributed by atoms with Crippen LogP contribution in [0.4, 0.5) is 13.2 Å². The molecule has 5 rings (SSSR count). The maximum absolute atomic E-state index is 12.9. The lowest BCUT2D eigenvalue weighted by Gasteiger charge is -2.21. The standard InChI is InChI=1S/C23H20F3N5O3/c24-23(25,26)34-18-5-1-14(2-6-18)3-8-21(32)30-10-16-12-31(13-17(16)11-30)22(33)15-4-7-19-20(9-15)28-29-27-19/h1-9,16-17H,10-13H2,(H,27,28,29)/b8-3+/t16-,17-/m1/s1. The van der Waals surface area contributed by atoms with E-state index < -0.39 is 6.36 Å². The molecule has 2 aliphatic heterocycles. The molecule has 2 amide bonds. The second-order valence-corrected chi connectivity index (χ2v) is 8.47. The first-order valence-corrected chi connectivity index (χ1v) is 10.7. The Morgan fingerprint density at radius 3 is 2.35 bits per heavy atom. The number of ether oxygens (including phenoxy) is 1. The van der Waals surface area contributed by atoms with E-state index in [0.29, 0.717) is 42.8 Å². The van der Waals surface area contributed by atoms with Crippen molar-refractivity contribution in [2.75, 3.05) is 26.2 Å². The van der Waals surface area contributed by atoms with Crippen molar-refractivity contribution in [1.82, 2.24) is 25.2 Å². The third-order valence-corrected chi connectivity index (χ3v) is 6.19. The van der Waals surface area contributed by atoms with Gasteiger partial charge in [0.25, 0.3) is 5.91 Å². The Bertz CT molecular complexity index is 1240. The SMILES string of the molecule is O=C(/C=C/c1ccc(OC(F)(F)F)cc1)N1C[C@@H]2CN(C(=O)c3ccc4[nH]nnc4c3)C[C@H]2C1. The molecule has 1 aromatic heterocycles. The molecule has 0 bridgehead atoms. The van der Waals surface area contributed by atoms with Gasteiger partial charge in [0, 0.05) is 49.7 Å². The number of halogens is 3. The first kappa shape index (κ1) is 21.9. The van der Waals surface area contributed by atoms with Gasteiger partial charge in [-0.25, -0.2) is 0 Å². The zero-order valence-corrected chi connectivity index (χ0v) is 17.8. The number of carbonyl (C=O) groups excluding carboxylic acids is 2. The Hall–Kier alpha value is -3.89. The van der Waals surface area contributed by atoms with Crippen LogP contribution in [-0.2, 0) is 4.79 Å². The van der Waals surface area contributed by atoms with Gasteiger partial charge in [-0.2, -0.15) is 0 Å². The van der Waals surface area contributed by atoms with Crippen molar-refractivity contribution in [2.45, 2.75) is 6.36 Å². The van der Waals surface area contributed by atoms with Gasteiger partial charge in [0.2, 0.25) is 5.91 Å². The van der Waals surface area contributed by atoms with Crippen LogP contribution in [-0.4, -0.2) is 69.6 Å². The molecule has 2 saturated heterocycles. The number of likely N-dealkylation sites (tertiary alicyclic amines) is 2. The second-order valence-electron chi connectivity index (χ2n) is 8.47. The molecule has 0 unspecified atom stereocenters. The minimum Gasteiger partial charge on any atom is -0.406 e. The number of nitrogens with one attached hydrogen (secondary N) is 1. The highest BCUT2D eigenvalue weighted by molar-refractivity contribution is 5.97. The van der Waals surface area contributed by atoms with Crippen molar-refractivity contribution in [3.63, 3.8) is 0 Å². The molecule has 2 atom stereocenters. The van der Waals surface area contributed by atoms with Gasteiger partial charge in [-0.1, -0.05) is 17.3 Å². The van der Waals surface area contributed by atoms with Crippen LogP contribution in [0.2, 0.25) is 0 Å². The number of fused-ring (bicyclic) bond motifs is 2. The van der Waals surface area contributed by atoms with E-state index in [0.717, 1.165) is 5.52 Å². The number of H-pyrrole nitrogens is 1. The summed E-state index contributed by atoms with van der Waals surface area (Å²) in [6, 6.07) is 10.5. The van der Waals surface area contributed by atoms with E-state index in [9.17, 15) is 22.8 Å². The molecule has 0 radical (unpaired) electrons. The average Bonchev–Trinajstić information content (AvgIpc) is 3.51. The first-order chi connectivity index (χ1) is 16.2. The number of rotatable bonds is 4. The van der Waals surface area contributed by atoms with Crippen LogP contribution in [0.5, 0.6) is 5.75 Å². The van der Waals surface area contributed by atoms with Crippen molar-refractivity contribution in [3.8, 4) is 5.75 Å². The lowest BCUT2D eigenvalue weighted by atomic mass is 10.0. The topological polar surface area (TPSA) is 91.4 Å². The van der Waals surface area contributed by atoms with Crippen molar-refractivity contribution in [2.24, 2.45) is 11.8 Å². The van der Waals surface area contributed by atoms with Gasteiger partial charge in [0.05, 0.1) is 5.52 Å². The fourth-order valence-electron chi connectivity index (χ4n) is 4.55. The summed E-state index contributed by atoms with van der Waals surface area (Å²) in [7, 11) is 0. The highest BCUT2D eigenvalue weighted by Gasteiger charge is 2.42. The third kappa shape index (κ3) is 4.59. The van der Waals surface area contributed by atoms with Crippen LogP contribution in [0, 0.1) is 11.8 Å². The zero-order valence-electron chi connectivity index (χ0n) is 17.8. The molecule has 11 heteroatoms.